The fourth-order valence-corrected chi connectivity index (χ4v) is 0. The molecule has 0 aromatic rings. The normalized spacial score (nSPS) is 5.00. The summed E-state index contributed by atoms with van der Waals surface area (Å²) in [5.74, 6) is 0. The maximum atomic E-state index is 8.36. The molecule has 0 saturated carbocycles. The van der Waals surface area contributed by atoms with E-state index in [1.54, 1.807) is 0 Å². The molecule has 0 unspecified atom stereocenters. The first-order valence-corrected chi connectivity index (χ1v) is 3.52. The van der Waals surface area contributed by atoms with Crippen molar-refractivity contribution >= 4 is 64.8 Å². The van der Waals surface area contributed by atoms with Crippen LogP contribution < -0.4 is 11.5 Å². The molecule has 5 N–H and O–H groups in total. The minimum absolute atomic E-state index is 0. The molecule has 0 fully saturated rings. The van der Waals surface area contributed by atoms with Crippen LogP contribution >= 0.6 is 24.4 Å². The summed E-state index contributed by atoms with van der Waals surface area (Å²) in [5, 5.41) is 6.89. The molecular weight excluding hydrogens is 283 g/mol. The maximum Gasteiger partial charge on any atom is 2.00 e. The van der Waals surface area contributed by atoms with Crippen LogP contribution in [0.1, 0.15) is 0 Å². The molecule has 4 nitrogen and oxygen atoms in total. The Hall–Kier alpha value is 0.184. The molecule has 0 rings (SSSR count). The Morgan fingerprint density at radius 3 is 1.25 bits per heavy atom. The summed E-state index contributed by atoms with van der Waals surface area (Å²) >= 11 is 16.5. The van der Waals surface area contributed by atoms with Gasteiger partial charge < -0.3 is 66.3 Å². The SMILES string of the molecule is NC(=S)[S-].NC(=S)[S-].O=CO.[Ni+2]. The maximum absolute atomic E-state index is 8.36. The largest absolute Gasteiger partial charge is 2.00 e. The van der Waals surface area contributed by atoms with Crippen molar-refractivity contribution in [2.75, 3.05) is 0 Å². The van der Waals surface area contributed by atoms with E-state index in [-0.39, 0.29) is 31.6 Å². The first-order valence-electron chi connectivity index (χ1n) is 1.89. The molecule has 0 amide bonds. The van der Waals surface area contributed by atoms with Gasteiger partial charge in [-0.1, -0.05) is 8.64 Å². The number of nitrogens with two attached hydrogens (primary N) is 2. The van der Waals surface area contributed by atoms with Crippen molar-refractivity contribution in [3.05, 3.63) is 0 Å². The van der Waals surface area contributed by atoms with Crippen LogP contribution in [-0.2, 0) is 46.5 Å². The minimum atomic E-state index is -0.250. The van der Waals surface area contributed by atoms with E-state index in [0.29, 0.717) is 0 Å². The fourth-order valence-electron chi connectivity index (χ4n) is 0. The van der Waals surface area contributed by atoms with E-state index in [4.69, 9.17) is 9.90 Å². The number of carboxylic acid groups (broad SMARTS) is 1. The summed E-state index contributed by atoms with van der Waals surface area (Å²) in [7, 11) is 0. The van der Waals surface area contributed by atoms with Crippen molar-refractivity contribution in [1.82, 2.24) is 0 Å². The van der Waals surface area contributed by atoms with Crippen LogP contribution in [0.3, 0.4) is 0 Å². The number of hydrogen-bond donors (Lipinski definition) is 3. The van der Waals surface area contributed by atoms with E-state index < -0.39 is 0 Å². The van der Waals surface area contributed by atoms with Crippen LogP contribution in [0.25, 0.3) is 0 Å². The van der Waals surface area contributed by atoms with Crippen LogP contribution in [0.15, 0.2) is 0 Å². The quantitative estimate of drug-likeness (QED) is 0.232. The van der Waals surface area contributed by atoms with Crippen LogP contribution in [0.2, 0.25) is 0 Å². The molecule has 0 atom stereocenters. The zero-order valence-corrected chi connectivity index (χ0v) is 9.79. The molecule has 0 aromatic heterocycles. The van der Waals surface area contributed by atoms with Gasteiger partial charge in [0.15, 0.2) is 0 Å². The van der Waals surface area contributed by atoms with Crippen molar-refractivity contribution in [2.45, 2.75) is 0 Å². The standard InChI is InChI=1S/2CH3NS2.CH2O2.Ni/c2*2-1(3)4;2-1-3;/h2*(H3,2,3,4);1H,(H,2,3);/q;;;+2/p-2. The van der Waals surface area contributed by atoms with Gasteiger partial charge in [0.25, 0.3) is 6.47 Å². The predicted molar refractivity (Wildman–Crippen MR) is 57.0 cm³/mol. The summed E-state index contributed by atoms with van der Waals surface area (Å²) in [6.45, 7) is -0.250. The third kappa shape index (κ3) is 25500. The van der Waals surface area contributed by atoms with Crippen LogP contribution in [0.4, 0.5) is 0 Å². The monoisotopic (exact) mass is 288 g/mol. The molecule has 74 valence electrons. The zero-order chi connectivity index (χ0) is 9.86. The summed E-state index contributed by atoms with van der Waals surface area (Å²) in [4.78, 5) is 8.36. The van der Waals surface area contributed by atoms with E-state index in [0.717, 1.165) is 0 Å². The first-order chi connectivity index (χ1) is 4.88. The fraction of sp³-hybridized carbons (Fsp3) is 0. The van der Waals surface area contributed by atoms with Gasteiger partial charge in [-0.25, -0.2) is 0 Å². The topological polar surface area (TPSA) is 89.3 Å². The van der Waals surface area contributed by atoms with Crippen molar-refractivity contribution in [3.63, 3.8) is 0 Å². The van der Waals surface area contributed by atoms with Crippen molar-refractivity contribution in [3.8, 4) is 0 Å². The Balaban J connectivity index is -0.0000000389. The first kappa shape index (κ1) is 22.8. The minimum Gasteiger partial charge on any atom is -0.483 e. The Bertz CT molecular complexity index is 113. The second kappa shape index (κ2) is 22.5. The summed E-state index contributed by atoms with van der Waals surface area (Å²) in [6.07, 6.45) is 0. The van der Waals surface area contributed by atoms with Gasteiger partial charge in [0.05, 0.1) is 0 Å². The molecule has 0 spiro atoms. The van der Waals surface area contributed by atoms with Gasteiger partial charge in [-0.2, -0.15) is 0 Å². The Kier molecular flexibility index (Phi) is 42.6. The van der Waals surface area contributed by atoms with Gasteiger partial charge in [0, 0.05) is 0 Å². The molecule has 0 saturated heterocycles. The summed E-state index contributed by atoms with van der Waals surface area (Å²) < 4.78 is 0.167. The summed E-state index contributed by atoms with van der Waals surface area (Å²) in [5.41, 5.74) is 9.31. The third-order valence-electron chi connectivity index (χ3n) is 0. The van der Waals surface area contributed by atoms with Gasteiger partial charge in [-0.15, -0.1) is 0 Å². The molecular formula is C3H6N2NiO2S4. The van der Waals surface area contributed by atoms with Crippen LogP contribution in [0, 0.1) is 0 Å². The van der Waals surface area contributed by atoms with E-state index in [2.05, 4.69) is 61.2 Å². The molecule has 0 aliphatic rings. The van der Waals surface area contributed by atoms with Crippen molar-refractivity contribution < 1.29 is 26.4 Å². The average Bonchev–Trinajstić information content (AvgIpc) is 1.60. The van der Waals surface area contributed by atoms with Gasteiger partial charge in [0.1, 0.15) is 0 Å². The molecule has 0 heterocycles. The van der Waals surface area contributed by atoms with E-state index >= 15 is 0 Å². The number of thiocarbonyl (C=S) groups is 2. The molecule has 0 radical (unpaired) electrons. The van der Waals surface area contributed by atoms with Crippen LogP contribution in [-0.4, -0.2) is 20.2 Å². The second-order valence-corrected chi connectivity index (χ2v) is 3.02. The number of carbonyl (C=O) groups is 1. The molecule has 0 aromatic carbocycles. The molecule has 0 aliphatic heterocycles. The van der Waals surface area contributed by atoms with Gasteiger partial charge in [-0.05, 0) is 0 Å². The molecule has 12 heavy (non-hydrogen) atoms. The van der Waals surface area contributed by atoms with E-state index in [9.17, 15) is 0 Å². The number of hydrogen-bond acceptors (Lipinski definition) is 5. The van der Waals surface area contributed by atoms with Crippen LogP contribution in [0.5, 0.6) is 0 Å². The second-order valence-electron chi connectivity index (χ2n) is 0.743. The molecule has 0 bridgehead atoms. The molecule has 9 heteroatoms. The van der Waals surface area contributed by atoms with Crippen molar-refractivity contribution in [2.24, 2.45) is 11.5 Å². The van der Waals surface area contributed by atoms with Crippen molar-refractivity contribution in [1.29, 1.82) is 0 Å². The van der Waals surface area contributed by atoms with Gasteiger partial charge >= 0.3 is 16.5 Å². The average molecular weight is 289 g/mol. The Morgan fingerprint density at radius 2 is 1.25 bits per heavy atom. The Labute approximate surface area is 102 Å². The number of rotatable bonds is 0. The van der Waals surface area contributed by atoms with Gasteiger partial charge in [-0.3, -0.25) is 4.79 Å². The van der Waals surface area contributed by atoms with Gasteiger partial charge in [0.2, 0.25) is 0 Å². The smallest absolute Gasteiger partial charge is 0.483 e. The predicted octanol–water partition coefficient (Wildman–Crippen LogP) is -0.748. The zero-order valence-electron chi connectivity index (χ0n) is 5.54. The third-order valence-corrected chi connectivity index (χ3v) is 0. The summed E-state index contributed by atoms with van der Waals surface area (Å²) in [6, 6.07) is 0. The Morgan fingerprint density at radius 1 is 1.25 bits per heavy atom. The molecule has 0 aliphatic carbocycles. The van der Waals surface area contributed by atoms with E-state index in [1.807, 2.05) is 0 Å². The van der Waals surface area contributed by atoms with E-state index in [1.165, 1.54) is 0 Å².